The molecule has 1 aliphatic rings. The summed E-state index contributed by atoms with van der Waals surface area (Å²) >= 11 is 0. The molecule has 3 aromatic carbocycles. The molecule has 0 spiro atoms. The number of sulfonamides is 1. The van der Waals surface area contributed by atoms with Crippen LogP contribution in [0, 0.1) is 0 Å². The number of anilines is 2. The molecule has 184 valence electrons. The summed E-state index contributed by atoms with van der Waals surface area (Å²) in [4.78, 5) is 12.8. The largest absolute Gasteiger partial charge is 0.497 e. The monoisotopic (exact) mass is 500 g/mol. The summed E-state index contributed by atoms with van der Waals surface area (Å²) in [6.45, 7) is 0.159. The van der Waals surface area contributed by atoms with Crippen molar-refractivity contribution in [2.45, 2.75) is 6.61 Å². The zero-order valence-corrected chi connectivity index (χ0v) is 20.1. The van der Waals surface area contributed by atoms with Crippen molar-refractivity contribution in [1.29, 1.82) is 0 Å². The Morgan fingerprint density at radius 1 is 0.943 bits per heavy atom. The van der Waals surface area contributed by atoms with E-state index in [2.05, 4.69) is 10.0 Å². The Bertz CT molecular complexity index is 1360. The topological polar surface area (TPSA) is 121 Å². The van der Waals surface area contributed by atoms with E-state index in [1.807, 2.05) is 0 Å². The molecule has 1 amide bonds. The van der Waals surface area contributed by atoms with Crippen LogP contribution in [0.2, 0.25) is 0 Å². The quantitative estimate of drug-likeness (QED) is 0.457. The first-order valence-corrected chi connectivity index (χ1v) is 12.3. The van der Waals surface area contributed by atoms with Crippen LogP contribution in [0.25, 0.3) is 0 Å². The van der Waals surface area contributed by atoms with E-state index >= 15 is 0 Å². The summed E-state index contributed by atoms with van der Waals surface area (Å²) in [5, 5.41) is 2.78. The van der Waals surface area contributed by atoms with E-state index in [0.29, 0.717) is 39.8 Å². The van der Waals surface area contributed by atoms with Crippen LogP contribution in [-0.4, -0.2) is 41.6 Å². The summed E-state index contributed by atoms with van der Waals surface area (Å²) < 4.78 is 53.3. The van der Waals surface area contributed by atoms with E-state index in [1.165, 1.54) is 19.2 Å². The fourth-order valence-corrected chi connectivity index (χ4v) is 3.96. The molecule has 0 aromatic heterocycles. The standard InChI is InChI=1S/C24H24N2O8S/c1-30-18-6-9-20(31-2)16(10-18)13-32-22-12-17(5-7-19(22)26-35(3,28)29)25-24(27)15-4-8-21-23(11-15)34-14-33-21/h4-12,26H,13-14H2,1-3H3,(H,25,27). The second kappa shape index (κ2) is 10.0. The molecule has 4 rings (SSSR count). The number of hydrogen-bond acceptors (Lipinski definition) is 8. The van der Waals surface area contributed by atoms with Crippen molar-refractivity contribution in [2.24, 2.45) is 0 Å². The lowest BCUT2D eigenvalue weighted by Gasteiger charge is -2.16. The Morgan fingerprint density at radius 2 is 1.74 bits per heavy atom. The van der Waals surface area contributed by atoms with Gasteiger partial charge in [-0.05, 0) is 48.5 Å². The molecule has 0 atom stereocenters. The van der Waals surface area contributed by atoms with Crippen LogP contribution >= 0.6 is 0 Å². The Morgan fingerprint density at radius 3 is 2.49 bits per heavy atom. The van der Waals surface area contributed by atoms with E-state index in [1.54, 1.807) is 49.6 Å². The molecule has 0 aliphatic carbocycles. The van der Waals surface area contributed by atoms with Gasteiger partial charge in [0, 0.05) is 22.9 Å². The van der Waals surface area contributed by atoms with Gasteiger partial charge in [-0.25, -0.2) is 8.42 Å². The van der Waals surface area contributed by atoms with Crippen LogP contribution < -0.4 is 33.7 Å². The first kappa shape index (κ1) is 24.0. The van der Waals surface area contributed by atoms with Crippen molar-refractivity contribution < 1.29 is 36.9 Å². The van der Waals surface area contributed by atoms with Crippen LogP contribution in [-0.2, 0) is 16.6 Å². The maximum absolute atomic E-state index is 12.8. The van der Waals surface area contributed by atoms with Crippen LogP contribution in [0.15, 0.2) is 54.6 Å². The summed E-state index contributed by atoms with van der Waals surface area (Å²) in [5.41, 5.74) is 1.68. The van der Waals surface area contributed by atoms with Gasteiger partial charge in [-0.1, -0.05) is 0 Å². The number of benzene rings is 3. The smallest absolute Gasteiger partial charge is 0.255 e. The molecule has 0 saturated heterocycles. The molecular weight excluding hydrogens is 476 g/mol. The van der Waals surface area contributed by atoms with Crippen molar-refractivity contribution in [2.75, 3.05) is 37.3 Å². The highest BCUT2D eigenvalue weighted by molar-refractivity contribution is 7.92. The first-order valence-electron chi connectivity index (χ1n) is 10.4. The Hall–Kier alpha value is -4.12. The van der Waals surface area contributed by atoms with Crippen molar-refractivity contribution in [3.8, 4) is 28.7 Å². The summed E-state index contributed by atoms with van der Waals surface area (Å²) in [7, 11) is -0.494. The number of nitrogens with one attached hydrogen (secondary N) is 2. The fourth-order valence-electron chi connectivity index (χ4n) is 3.39. The van der Waals surface area contributed by atoms with Gasteiger partial charge < -0.3 is 29.0 Å². The number of ether oxygens (including phenoxy) is 5. The van der Waals surface area contributed by atoms with Crippen LogP contribution in [0.4, 0.5) is 11.4 Å². The highest BCUT2D eigenvalue weighted by Gasteiger charge is 2.18. The zero-order valence-electron chi connectivity index (χ0n) is 19.3. The maximum Gasteiger partial charge on any atom is 0.255 e. The lowest BCUT2D eigenvalue weighted by molar-refractivity contribution is 0.102. The number of carbonyl (C=O) groups is 1. The van der Waals surface area contributed by atoms with Gasteiger partial charge in [-0.15, -0.1) is 0 Å². The van der Waals surface area contributed by atoms with Crippen LogP contribution in [0.5, 0.6) is 28.7 Å². The maximum atomic E-state index is 12.8. The van der Waals surface area contributed by atoms with Gasteiger partial charge in [-0.3, -0.25) is 9.52 Å². The number of fused-ring (bicyclic) bond motifs is 1. The van der Waals surface area contributed by atoms with Crippen molar-refractivity contribution >= 4 is 27.3 Å². The molecule has 0 bridgehead atoms. The third-order valence-corrected chi connectivity index (χ3v) is 5.63. The van der Waals surface area contributed by atoms with E-state index in [9.17, 15) is 13.2 Å². The molecule has 1 heterocycles. The molecule has 0 radical (unpaired) electrons. The number of methoxy groups -OCH3 is 2. The van der Waals surface area contributed by atoms with Gasteiger partial charge in [0.2, 0.25) is 16.8 Å². The van der Waals surface area contributed by atoms with E-state index < -0.39 is 10.0 Å². The van der Waals surface area contributed by atoms with Crippen LogP contribution in [0.1, 0.15) is 15.9 Å². The molecule has 10 nitrogen and oxygen atoms in total. The van der Waals surface area contributed by atoms with Gasteiger partial charge in [0.05, 0.1) is 26.2 Å². The summed E-state index contributed by atoms with van der Waals surface area (Å²) in [6, 6.07) is 14.7. The minimum atomic E-state index is -3.58. The number of rotatable bonds is 9. The molecule has 0 fully saturated rings. The molecule has 0 saturated carbocycles. The summed E-state index contributed by atoms with van der Waals surface area (Å²) in [5.74, 6) is 2.08. The minimum absolute atomic E-state index is 0.0539. The SMILES string of the molecule is COc1ccc(OC)c(COc2cc(NC(=O)c3ccc4c(c3)OCO4)ccc2NS(C)(=O)=O)c1. The Labute approximate surface area is 202 Å². The van der Waals surface area contributed by atoms with E-state index in [0.717, 1.165) is 6.26 Å². The fraction of sp³-hybridized carbons (Fsp3) is 0.208. The highest BCUT2D eigenvalue weighted by atomic mass is 32.2. The Kier molecular flexibility index (Phi) is 6.87. The van der Waals surface area contributed by atoms with Crippen molar-refractivity contribution in [1.82, 2.24) is 0 Å². The predicted octanol–water partition coefficient (Wildman–Crippen LogP) is 3.64. The van der Waals surface area contributed by atoms with Gasteiger partial charge in [-0.2, -0.15) is 0 Å². The number of carbonyl (C=O) groups excluding carboxylic acids is 1. The van der Waals surface area contributed by atoms with Crippen molar-refractivity contribution in [3.63, 3.8) is 0 Å². The molecule has 3 aromatic rings. The number of hydrogen-bond donors (Lipinski definition) is 2. The molecule has 0 unspecified atom stereocenters. The highest BCUT2D eigenvalue weighted by Crippen LogP contribution is 2.34. The third kappa shape index (κ3) is 5.87. The van der Waals surface area contributed by atoms with Gasteiger partial charge in [0.1, 0.15) is 23.9 Å². The number of amides is 1. The van der Waals surface area contributed by atoms with E-state index in [4.69, 9.17) is 23.7 Å². The summed E-state index contributed by atoms with van der Waals surface area (Å²) in [6.07, 6.45) is 1.04. The normalized spacial score (nSPS) is 12.1. The second-order valence-electron chi connectivity index (χ2n) is 7.57. The van der Waals surface area contributed by atoms with Crippen molar-refractivity contribution in [3.05, 3.63) is 65.7 Å². The van der Waals surface area contributed by atoms with Gasteiger partial charge in [0.15, 0.2) is 11.5 Å². The lowest BCUT2D eigenvalue weighted by atomic mass is 10.1. The minimum Gasteiger partial charge on any atom is -0.497 e. The average molecular weight is 501 g/mol. The molecule has 35 heavy (non-hydrogen) atoms. The molecule has 11 heteroatoms. The predicted molar refractivity (Wildman–Crippen MR) is 129 cm³/mol. The first-order chi connectivity index (χ1) is 16.8. The van der Waals surface area contributed by atoms with E-state index in [-0.39, 0.29) is 30.7 Å². The van der Waals surface area contributed by atoms with Crippen LogP contribution in [0.3, 0.4) is 0 Å². The van der Waals surface area contributed by atoms with Gasteiger partial charge >= 0.3 is 0 Å². The second-order valence-corrected chi connectivity index (χ2v) is 9.32. The van der Waals surface area contributed by atoms with Gasteiger partial charge in [0.25, 0.3) is 5.91 Å². The zero-order chi connectivity index (χ0) is 25.0. The third-order valence-electron chi connectivity index (χ3n) is 5.04. The molecule has 1 aliphatic heterocycles. The lowest BCUT2D eigenvalue weighted by Crippen LogP contribution is -2.14. The average Bonchev–Trinajstić information content (AvgIpc) is 3.31. The molecule has 2 N–H and O–H groups in total. The molecular formula is C24H24N2O8S. The Balaban J connectivity index is 1.58.